The van der Waals surface area contributed by atoms with E-state index in [4.69, 9.17) is 4.74 Å². The molecule has 0 aliphatic rings. The van der Waals surface area contributed by atoms with Crippen molar-refractivity contribution in [3.05, 3.63) is 24.0 Å². The van der Waals surface area contributed by atoms with Gasteiger partial charge in [-0.05, 0) is 26.3 Å². The molecule has 0 spiro atoms. The Morgan fingerprint density at radius 2 is 2.09 bits per heavy atom. The van der Waals surface area contributed by atoms with E-state index in [1.807, 2.05) is 13.0 Å². The minimum atomic E-state index is -0.354. The van der Waals surface area contributed by atoms with Crippen LogP contribution in [0.4, 0.5) is 0 Å². The van der Waals surface area contributed by atoms with Crippen LogP contribution in [0.25, 0.3) is 0 Å². The molecule has 0 radical (unpaired) electrons. The highest BCUT2D eigenvalue weighted by Crippen LogP contribution is 2.01. The lowest BCUT2D eigenvalue weighted by Gasteiger charge is -2.01. The van der Waals surface area contributed by atoms with Crippen LogP contribution in [0.2, 0.25) is 0 Å². The van der Waals surface area contributed by atoms with Crippen molar-refractivity contribution in [3.8, 4) is 0 Å². The molecule has 0 saturated heterocycles. The van der Waals surface area contributed by atoms with Crippen molar-refractivity contribution in [1.82, 2.24) is 0 Å². The van der Waals surface area contributed by atoms with Gasteiger partial charge in [0, 0.05) is 5.57 Å². The van der Waals surface area contributed by atoms with Crippen molar-refractivity contribution < 1.29 is 9.53 Å². The SMILES string of the molecule is C=C(C)C(=O)OC(C)=CCC. The van der Waals surface area contributed by atoms with Gasteiger partial charge >= 0.3 is 5.97 Å². The average molecular weight is 154 g/mol. The number of carbonyl (C=O) groups is 1. The molecule has 11 heavy (non-hydrogen) atoms. The highest BCUT2D eigenvalue weighted by atomic mass is 16.5. The van der Waals surface area contributed by atoms with Gasteiger partial charge in [-0.3, -0.25) is 0 Å². The third kappa shape index (κ3) is 4.37. The van der Waals surface area contributed by atoms with E-state index < -0.39 is 0 Å². The Bertz CT molecular complexity index is 190. The number of allylic oxidation sites excluding steroid dienone is 2. The summed E-state index contributed by atoms with van der Waals surface area (Å²) < 4.78 is 4.87. The van der Waals surface area contributed by atoms with E-state index >= 15 is 0 Å². The number of carbonyl (C=O) groups excluding carboxylic acids is 1. The van der Waals surface area contributed by atoms with E-state index in [1.165, 1.54) is 0 Å². The van der Waals surface area contributed by atoms with E-state index in [2.05, 4.69) is 6.58 Å². The van der Waals surface area contributed by atoms with Crippen LogP contribution >= 0.6 is 0 Å². The van der Waals surface area contributed by atoms with Crippen molar-refractivity contribution >= 4 is 5.97 Å². The Labute approximate surface area is 67.6 Å². The quantitative estimate of drug-likeness (QED) is 0.354. The molecule has 0 aliphatic heterocycles. The molecular weight excluding hydrogens is 140 g/mol. The monoisotopic (exact) mass is 154 g/mol. The fourth-order valence-corrected chi connectivity index (χ4v) is 0.562. The van der Waals surface area contributed by atoms with Gasteiger partial charge < -0.3 is 4.74 Å². The van der Waals surface area contributed by atoms with Crippen LogP contribution < -0.4 is 0 Å². The molecule has 0 aromatic rings. The lowest BCUT2D eigenvalue weighted by molar-refractivity contribution is -0.134. The highest BCUT2D eigenvalue weighted by Gasteiger charge is 2.02. The molecular formula is C9H14O2. The van der Waals surface area contributed by atoms with Gasteiger partial charge in [-0.15, -0.1) is 0 Å². The maximum Gasteiger partial charge on any atom is 0.338 e. The Kier molecular flexibility index (Phi) is 4.27. The van der Waals surface area contributed by atoms with E-state index in [1.54, 1.807) is 13.8 Å². The van der Waals surface area contributed by atoms with Crippen LogP contribution in [0.3, 0.4) is 0 Å². The largest absolute Gasteiger partial charge is 0.428 e. The molecule has 2 nitrogen and oxygen atoms in total. The second kappa shape index (κ2) is 4.72. The Morgan fingerprint density at radius 3 is 2.45 bits per heavy atom. The van der Waals surface area contributed by atoms with Crippen molar-refractivity contribution in [2.75, 3.05) is 0 Å². The zero-order valence-corrected chi connectivity index (χ0v) is 7.31. The molecule has 0 aliphatic carbocycles. The van der Waals surface area contributed by atoms with Crippen LogP contribution in [0, 0.1) is 0 Å². The first-order valence-electron chi connectivity index (χ1n) is 3.62. The van der Waals surface area contributed by atoms with Crippen LogP contribution in [0.5, 0.6) is 0 Å². The molecule has 0 heterocycles. The van der Waals surface area contributed by atoms with Crippen LogP contribution in [0.15, 0.2) is 24.0 Å². The summed E-state index contributed by atoms with van der Waals surface area (Å²) >= 11 is 0. The normalized spacial score (nSPS) is 11.0. The third-order valence-electron chi connectivity index (χ3n) is 1.09. The van der Waals surface area contributed by atoms with Gasteiger partial charge in [0.1, 0.15) is 5.76 Å². The summed E-state index contributed by atoms with van der Waals surface area (Å²) in [4.78, 5) is 10.9. The fraction of sp³-hybridized carbons (Fsp3) is 0.444. The smallest absolute Gasteiger partial charge is 0.338 e. The van der Waals surface area contributed by atoms with E-state index in [-0.39, 0.29) is 5.97 Å². The van der Waals surface area contributed by atoms with Gasteiger partial charge in [0.2, 0.25) is 0 Å². The van der Waals surface area contributed by atoms with Crippen molar-refractivity contribution in [3.63, 3.8) is 0 Å². The van der Waals surface area contributed by atoms with Crippen molar-refractivity contribution in [1.29, 1.82) is 0 Å². The lowest BCUT2D eigenvalue weighted by atomic mass is 10.3. The second-order valence-corrected chi connectivity index (χ2v) is 2.39. The summed E-state index contributed by atoms with van der Waals surface area (Å²) in [7, 11) is 0. The van der Waals surface area contributed by atoms with Gasteiger partial charge in [0.05, 0.1) is 0 Å². The first kappa shape index (κ1) is 9.95. The van der Waals surface area contributed by atoms with Gasteiger partial charge in [-0.2, -0.15) is 0 Å². The molecule has 0 saturated carbocycles. The van der Waals surface area contributed by atoms with E-state index in [0.29, 0.717) is 11.3 Å². The molecule has 0 N–H and O–H groups in total. The van der Waals surface area contributed by atoms with Gasteiger partial charge in [0.15, 0.2) is 0 Å². The lowest BCUT2D eigenvalue weighted by Crippen LogP contribution is -2.02. The topological polar surface area (TPSA) is 26.3 Å². The summed E-state index contributed by atoms with van der Waals surface area (Å²) in [5.74, 6) is 0.285. The molecule has 2 heteroatoms. The molecule has 0 unspecified atom stereocenters. The molecule has 0 aromatic heterocycles. The minimum Gasteiger partial charge on any atom is -0.428 e. The van der Waals surface area contributed by atoms with Gasteiger partial charge in [0.25, 0.3) is 0 Å². The molecule has 0 rings (SSSR count). The number of hydrogen-bond acceptors (Lipinski definition) is 2. The van der Waals surface area contributed by atoms with Crippen LogP contribution in [-0.2, 0) is 9.53 Å². The fourth-order valence-electron chi connectivity index (χ4n) is 0.562. The number of ether oxygens (including phenoxy) is 1. The standard InChI is InChI=1S/C9H14O2/c1-5-6-8(4)11-9(10)7(2)3/h6H,2,5H2,1,3-4H3. The summed E-state index contributed by atoms with van der Waals surface area (Å²) in [6.07, 6.45) is 2.72. The zero-order valence-electron chi connectivity index (χ0n) is 7.31. The molecule has 0 fully saturated rings. The first-order chi connectivity index (χ1) is 5.07. The summed E-state index contributed by atoms with van der Waals surface area (Å²) in [6, 6.07) is 0. The molecule has 0 aromatic carbocycles. The average Bonchev–Trinajstić information content (AvgIpc) is 1.87. The Morgan fingerprint density at radius 1 is 1.55 bits per heavy atom. The number of hydrogen-bond donors (Lipinski definition) is 0. The molecule has 0 atom stereocenters. The summed E-state index contributed by atoms with van der Waals surface area (Å²) in [6.45, 7) is 8.83. The Hall–Kier alpha value is -1.05. The molecule has 0 amide bonds. The van der Waals surface area contributed by atoms with Crippen LogP contribution in [0.1, 0.15) is 27.2 Å². The van der Waals surface area contributed by atoms with E-state index in [9.17, 15) is 4.79 Å². The van der Waals surface area contributed by atoms with Crippen molar-refractivity contribution in [2.24, 2.45) is 0 Å². The van der Waals surface area contributed by atoms with Crippen molar-refractivity contribution in [2.45, 2.75) is 27.2 Å². The predicted molar refractivity (Wildman–Crippen MR) is 45.0 cm³/mol. The van der Waals surface area contributed by atoms with E-state index in [0.717, 1.165) is 6.42 Å². The second-order valence-electron chi connectivity index (χ2n) is 2.39. The number of rotatable bonds is 3. The third-order valence-corrected chi connectivity index (χ3v) is 1.09. The maximum absolute atomic E-state index is 10.9. The zero-order chi connectivity index (χ0) is 8.85. The molecule has 62 valence electrons. The Balaban J connectivity index is 3.95. The first-order valence-corrected chi connectivity index (χ1v) is 3.62. The minimum absolute atomic E-state index is 0.354. The van der Waals surface area contributed by atoms with Gasteiger partial charge in [-0.1, -0.05) is 13.5 Å². The highest BCUT2D eigenvalue weighted by molar-refractivity contribution is 5.87. The molecule has 0 bridgehead atoms. The predicted octanol–water partition coefficient (Wildman–Crippen LogP) is 2.42. The van der Waals surface area contributed by atoms with Gasteiger partial charge in [-0.25, -0.2) is 4.79 Å². The van der Waals surface area contributed by atoms with Crippen LogP contribution in [-0.4, -0.2) is 5.97 Å². The number of esters is 1. The summed E-state index contributed by atoms with van der Waals surface area (Å²) in [5, 5.41) is 0. The summed E-state index contributed by atoms with van der Waals surface area (Å²) in [5.41, 5.74) is 0.425. The maximum atomic E-state index is 10.9.